The number of hydrogen-bond donors (Lipinski definition) is 1. The zero-order chi connectivity index (χ0) is 15.1. The van der Waals surface area contributed by atoms with Crippen LogP contribution in [0.15, 0.2) is 0 Å². The van der Waals surface area contributed by atoms with E-state index in [9.17, 15) is 10.1 Å². The summed E-state index contributed by atoms with van der Waals surface area (Å²) in [6.45, 7) is 12.6. The molecule has 4 heteroatoms. The van der Waals surface area contributed by atoms with Gasteiger partial charge in [0, 0.05) is 11.8 Å². The molecule has 0 bridgehead atoms. The molecule has 2 N–H and O–H groups in total. The molecule has 1 amide bonds. The molecule has 0 spiro atoms. The average Bonchev–Trinajstić information content (AvgIpc) is 2.38. The van der Waals surface area contributed by atoms with Crippen molar-refractivity contribution >= 4 is 6.09 Å². The second-order valence-electron chi connectivity index (χ2n) is 7.44. The Kier molecular flexibility index (Phi) is 3.66. The number of amides is 1. The van der Waals surface area contributed by atoms with Crippen LogP contribution in [-0.2, 0) is 4.74 Å². The number of ether oxygens (including phenoxy) is 1. The lowest BCUT2D eigenvalue weighted by molar-refractivity contribution is -0.113. The van der Waals surface area contributed by atoms with Crippen LogP contribution in [0, 0.1) is 27.6 Å². The number of rotatable bonds is 2. The van der Waals surface area contributed by atoms with Crippen LogP contribution in [0.25, 0.3) is 0 Å². The van der Waals surface area contributed by atoms with Gasteiger partial charge in [-0.05, 0) is 30.6 Å². The fraction of sp³-hybridized carbons (Fsp3) is 0.867. The second-order valence-corrected chi connectivity index (χ2v) is 7.44. The maximum atomic E-state index is 11.2. The summed E-state index contributed by atoms with van der Waals surface area (Å²) in [5.74, 6) is 0. The number of nitrogens with two attached hydrogens (primary N) is 1. The van der Waals surface area contributed by atoms with Crippen molar-refractivity contribution in [1.29, 1.82) is 5.26 Å². The van der Waals surface area contributed by atoms with Gasteiger partial charge < -0.3 is 10.5 Å². The minimum atomic E-state index is -0.739. The topological polar surface area (TPSA) is 76.1 Å². The predicted molar refractivity (Wildman–Crippen MR) is 74.2 cm³/mol. The third-order valence-electron chi connectivity index (χ3n) is 5.69. The largest absolute Gasteiger partial charge is 0.443 e. The van der Waals surface area contributed by atoms with E-state index in [1.165, 1.54) is 0 Å². The van der Waals surface area contributed by atoms with E-state index in [0.29, 0.717) is 6.42 Å². The van der Waals surface area contributed by atoms with Crippen LogP contribution in [-0.4, -0.2) is 11.7 Å². The molecule has 0 aliphatic heterocycles. The number of carbonyl (C=O) groups excluding carboxylic acids is 1. The number of nitrogens with zero attached hydrogens (tertiary/aromatic N) is 1. The second kappa shape index (κ2) is 4.40. The summed E-state index contributed by atoms with van der Waals surface area (Å²) in [4.78, 5) is 11.2. The van der Waals surface area contributed by atoms with Crippen LogP contribution in [0.2, 0.25) is 0 Å². The van der Waals surface area contributed by atoms with Crippen LogP contribution >= 0.6 is 0 Å². The highest BCUT2D eigenvalue weighted by Crippen LogP contribution is 2.67. The van der Waals surface area contributed by atoms with Crippen LogP contribution in [0.4, 0.5) is 4.79 Å². The molecular formula is C15H26N2O2. The van der Waals surface area contributed by atoms with Crippen molar-refractivity contribution in [2.24, 2.45) is 22.0 Å². The molecule has 1 saturated carbocycles. The molecule has 0 radical (unpaired) electrons. The van der Waals surface area contributed by atoms with Crippen LogP contribution in [0.3, 0.4) is 0 Å². The Morgan fingerprint density at radius 2 is 1.84 bits per heavy atom. The summed E-state index contributed by atoms with van der Waals surface area (Å²) >= 11 is 0. The van der Waals surface area contributed by atoms with Crippen molar-refractivity contribution in [1.82, 2.24) is 0 Å². The maximum Gasteiger partial charge on any atom is 0.405 e. The number of hydrogen-bond acceptors (Lipinski definition) is 3. The highest BCUT2D eigenvalue weighted by molar-refractivity contribution is 5.65. The monoisotopic (exact) mass is 266 g/mol. The Morgan fingerprint density at radius 3 is 2.21 bits per heavy atom. The van der Waals surface area contributed by atoms with Crippen molar-refractivity contribution in [2.75, 3.05) is 0 Å². The zero-order valence-electron chi connectivity index (χ0n) is 13.0. The fourth-order valence-corrected chi connectivity index (χ4v) is 4.01. The van der Waals surface area contributed by atoms with Crippen molar-refractivity contribution in [3.63, 3.8) is 0 Å². The highest BCUT2D eigenvalue weighted by atomic mass is 16.6. The molecule has 0 heterocycles. The number of carbonyl (C=O) groups is 1. The first-order valence-corrected chi connectivity index (χ1v) is 6.79. The van der Waals surface area contributed by atoms with Gasteiger partial charge in [-0.2, -0.15) is 5.26 Å². The first-order chi connectivity index (χ1) is 8.43. The quantitative estimate of drug-likeness (QED) is 0.829. The summed E-state index contributed by atoms with van der Waals surface area (Å²) in [6, 6.07) is 2.33. The van der Waals surface area contributed by atoms with E-state index in [2.05, 4.69) is 40.7 Å². The molecule has 0 unspecified atom stereocenters. The molecule has 1 rings (SSSR count). The molecule has 108 valence electrons. The van der Waals surface area contributed by atoms with Crippen molar-refractivity contribution in [3.8, 4) is 6.07 Å². The van der Waals surface area contributed by atoms with Gasteiger partial charge in [0.15, 0.2) is 0 Å². The molecule has 0 aromatic carbocycles. The van der Waals surface area contributed by atoms with Gasteiger partial charge in [-0.25, -0.2) is 4.79 Å². The summed E-state index contributed by atoms with van der Waals surface area (Å²) in [7, 11) is 0. The van der Waals surface area contributed by atoms with Crippen LogP contribution < -0.4 is 5.73 Å². The average molecular weight is 266 g/mol. The Morgan fingerprint density at radius 1 is 1.32 bits per heavy atom. The molecule has 0 saturated heterocycles. The summed E-state index contributed by atoms with van der Waals surface area (Å²) in [5.41, 5.74) is 4.04. The van der Waals surface area contributed by atoms with Gasteiger partial charge in [0.25, 0.3) is 0 Å². The normalized spacial score (nSPS) is 33.7. The van der Waals surface area contributed by atoms with E-state index in [1.807, 2.05) is 6.92 Å². The Labute approximate surface area is 116 Å². The van der Waals surface area contributed by atoms with Crippen LogP contribution in [0.5, 0.6) is 0 Å². The third kappa shape index (κ3) is 2.09. The lowest BCUT2D eigenvalue weighted by Gasteiger charge is -2.53. The predicted octanol–water partition coefficient (Wildman–Crippen LogP) is 3.61. The number of nitriles is 1. The molecule has 4 nitrogen and oxygen atoms in total. The molecular weight excluding hydrogens is 240 g/mol. The molecule has 1 aliphatic carbocycles. The molecule has 19 heavy (non-hydrogen) atoms. The van der Waals surface area contributed by atoms with Gasteiger partial charge >= 0.3 is 6.09 Å². The summed E-state index contributed by atoms with van der Waals surface area (Å²) < 4.78 is 5.44. The Hall–Kier alpha value is -1.24. The number of primary amides is 1. The Balaban J connectivity index is 3.33. The van der Waals surface area contributed by atoms with Crippen molar-refractivity contribution < 1.29 is 9.53 Å². The molecule has 1 aliphatic rings. The standard InChI is InChI=1S/C15H26N2O2/c1-12(2,3)15(9-10-16)8-7-14(6,13(15,4)5)19-11(17)18/h7-9H2,1-6H3,(H2,17,18)/t14-,15-/m0/s1. The summed E-state index contributed by atoms with van der Waals surface area (Å²) in [6.07, 6.45) is 1.32. The Bertz CT molecular complexity index is 417. The van der Waals surface area contributed by atoms with Crippen LogP contribution in [0.1, 0.15) is 60.8 Å². The third-order valence-corrected chi connectivity index (χ3v) is 5.69. The minimum absolute atomic E-state index is 0.0506. The molecule has 2 atom stereocenters. The first-order valence-electron chi connectivity index (χ1n) is 6.79. The fourth-order valence-electron chi connectivity index (χ4n) is 4.01. The van der Waals surface area contributed by atoms with E-state index < -0.39 is 11.7 Å². The first kappa shape index (κ1) is 15.8. The molecule has 1 fully saturated rings. The van der Waals surface area contributed by atoms with Crippen molar-refractivity contribution in [3.05, 3.63) is 0 Å². The van der Waals surface area contributed by atoms with Gasteiger partial charge in [-0.3, -0.25) is 0 Å². The van der Waals surface area contributed by atoms with Gasteiger partial charge in [0.2, 0.25) is 0 Å². The van der Waals surface area contributed by atoms with Gasteiger partial charge in [-0.1, -0.05) is 34.6 Å². The summed E-state index contributed by atoms with van der Waals surface area (Å²) in [5, 5.41) is 9.26. The SMILES string of the molecule is CC(C)(C)[C@@]1(CC#N)CC[C@](C)(OC(N)=O)C1(C)C. The lowest BCUT2D eigenvalue weighted by Crippen LogP contribution is -2.53. The van der Waals surface area contributed by atoms with E-state index >= 15 is 0 Å². The maximum absolute atomic E-state index is 11.2. The van der Waals surface area contributed by atoms with E-state index in [-0.39, 0.29) is 16.2 Å². The van der Waals surface area contributed by atoms with Gasteiger partial charge in [0.1, 0.15) is 5.60 Å². The molecule has 0 aromatic rings. The van der Waals surface area contributed by atoms with E-state index in [4.69, 9.17) is 10.5 Å². The van der Waals surface area contributed by atoms with Gasteiger partial charge in [0.05, 0.1) is 6.07 Å². The van der Waals surface area contributed by atoms with Crippen molar-refractivity contribution in [2.45, 2.75) is 66.4 Å². The minimum Gasteiger partial charge on any atom is -0.443 e. The van der Waals surface area contributed by atoms with E-state index in [1.54, 1.807) is 0 Å². The van der Waals surface area contributed by atoms with E-state index in [0.717, 1.165) is 12.8 Å². The smallest absolute Gasteiger partial charge is 0.405 e. The lowest BCUT2D eigenvalue weighted by atomic mass is 9.51. The molecule has 0 aromatic heterocycles. The van der Waals surface area contributed by atoms with Gasteiger partial charge in [-0.15, -0.1) is 0 Å². The highest BCUT2D eigenvalue weighted by Gasteiger charge is 2.66. The zero-order valence-corrected chi connectivity index (χ0v) is 13.0.